The molecule has 1 aliphatic rings. The van der Waals surface area contributed by atoms with Crippen LogP contribution in [-0.2, 0) is 4.74 Å². The summed E-state index contributed by atoms with van der Waals surface area (Å²) < 4.78 is 16.2. The number of nitrogens with zero attached hydrogens (tertiary/aromatic N) is 3. The standard InChI is InChI=1S/C19H27N5O3/c1-25-16-2-4-17(5-3-16)27-13-9-20-18-6-7-21-19(23-18)22-8-10-24-11-14-26-15-12-24/h2-7H,8-15H2,1H3,(H2,20,21,22,23). The molecule has 0 spiro atoms. The van der Waals surface area contributed by atoms with Crippen LogP contribution in [0.15, 0.2) is 36.5 Å². The minimum absolute atomic E-state index is 0.538. The number of morpholine rings is 1. The predicted molar refractivity (Wildman–Crippen MR) is 105 cm³/mol. The maximum Gasteiger partial charge on any atom is 0.224 e. The molecule has 2 aromatic rings. The van der Waals surface area contributed by atoms with Crippen molar-refractivity contribution in [2.24, 2.45) is 0 Å². The van der Waals surface area contributed by atoms with Crippen LogP contribution in [-0.4, -0.2) is 74.5 Å². The molecule has 3 rings (SSSR count). The summed E-state index contributed by atoms with van der Waals surface area (Å²) in [5.41, 5.74) is 0. The van der Waals surface area contributed by atoms with Crippen LogP contribution in [0.3, 0.4) is 0 Å². The Morgan fingerprint density at radius 1 is 1.04 bits per heavy atom. The van der Waals surface area contributed by atoms with Crippen molar-refractivity contribution in [2.75, 3.05) is 70.3 Å². The largest absolute Gasteiger partial charge is 0.497 e. The topological polar surface area (TPSA) is 80.8 Å². The number of ether oxygens (including phenoxy) is 3. The van der Waals surface area contributed by atoms with Crippen LogP contribution in [0.25, 0.3) is 0 Å². The highest BCUT2D eigenvalue weighted by molar-refractivity contribution is 5.39. The fraction of sp³-hybridized carbons (Fsp3) is 0.474. The molecule has 1 saturated heterocycles. The number of benzene rings is 1. The van der Waals surface area contributed by atoms with Gasteiger partial charge in [0.2, 0.25) is 5.95 Å². The van der Waals surface area contributed by atoms with E-state index >= 15 is 0 Å². The lowest BCUT2D eigenvalue weighted by molar-refractivity contribution is 0.0398. The van der Waals surface area contributed by atoms with Crippen molar-refractivity contribution in [3.8, 4) is 11.5 Å². The third-order valence-corrected chi connectivity index (χ3v) is 4.21. The molecule has 2 heterocycles. The molecule has 146 valence electrons. The predicted octanol–water partition coefficient (Wildman–Crippen LogP) is 1.72. The lowest BCUT2D eigenvalue weighted by atomic mass is 10.3. The summed E-state index contributed by atoms with van der Waals surface area (Å²) in [6, 6.07) is 9.38. The summed E-state index contributed by atoms with van der Waals surface area (Å²) in [6.07, 6.45) is 1.75. The summed E-state index contributed by atoms with van der Waals surface area (Å²) in [5.74, 6) is 3.03. The normalized spacial score (nSPS) is 14.6. The van der Waals surface area contributed by atoms with Gasteiger partial charge in [-0.05, 0) is 30.3 Å². The minimum atomic E-state index is 0.538. The molecule has 1 aromatic carbocycles. The van der Waals surface area contributed by atoms with E-state index in [1.807, 2.05) is 30.3 Å². The Labute approximate surface area is 159 Å². The third-order valence-electron chi connectivity index (χ3n) is 4.21. The van der Waals surface area contributed by atoms with Gasteiger partial charge in [0.15, 0.2) is 0 Å². The van der Waals surface area contributed by atoms with E-state index in [4.69, 9.17) is 14.2 Å². The number of aromatic nitrogens is 2. The molecular formula is C19H27N5O3. The number of hydrogen-bond donors (Lipinski definition) is 2. The van der Waals surface area contributed by atoms with Crippen LogP contribution in [0.4, 0.5) is 11.8 Å². The number of rotatable bonds is 10. The van der Waals surface area contributed by atoms with E-state index in [0.29, 0.717) is 19.1 Å². The molecule has 1 aliphatic heterocycles. The van der Waals surface area contributed by atoms with Gasteiger partial charge in [-0.15, -0.1) is 0 Å². The molecule has 0 radical (unpaired) electrons. The van der Waals surface area contributed by atoms with Gasteiger partial charge in [-0.2, -0.15) is 4.98 Å². The van der Waals surface area contributed by atoms with E-state index in [1.54, 1.807) is 13.3 Å². The van der Waals surface area contributed by atoms with Crippen molar-refractivity contribution in [2.45, 2.75) is 0 Å². The maximum atomic E-state index is 5.70. The highest BCUT2D eigenvalue weighted by Crippen LogP contribution is 2.16. The van der Waals surface area contributed by atoms with Crippen LogP contribution in [0.5, 0.6) is 11.5 Å². The van der Waals surface area contributed by atoms with Crippen molar-refractivity contribution in [1.82, 2.24) is 14.9 Å². The van der Waals surface area contributed by atoms with E-state index < -0.39 is 0 Å². The van der Waals surface area contributed by atoms with Gasteiger partial charge in [-0.3, -0.25) is 4.90 Å². The summed E-state index contributed by atoms with van der Waals surface area (Å²) in [5, 5.41) is 6.52. The molecule has 1 aromatic heterocycles. The monoisotopic (exact) mass is 373 g/mol. The Hall–Kier alpha value is -2.58. The van der Waals surface area contributed by atoms with E-state index in [0.717, 1.165) is 56.7 Å². The summed E-state index contributed by atoms with van der Waals surface area (Å²) in [6.45, 7) is 6.55. The second-order valence-electron chi connectivity index (χ2n) is 6.10. The average molecular weight is 373 g/mol. The Bertz CT molecular complexity index is 677. The van der Waals surface area contributed by atoms with Crippen LogP contribution in [0.2, 0.25) is 0 Å². The van der Waals surface area contributed by atoms with Crippen molar-refractivity contribution < 1.29 is 14.2 Å². The first-order chi connectivity index (χ1) is 13.3. The molecule has 0 unspecified atom stereocenters. The first kappa shape index (κ1) is 19.2. The number of nitrogens with one attached hydrogen (secondary N) is 2. The lowest BCUT2D eigenvalue weighted by Gasteiger charge is -2.26. The molecule has 0 saturated carbocycles. The maximum absolute atomic E-state index is 5.70. The quantitative estimate of drug-likeness (QED) is 0.610. The molecular weight excluding hydrogens is 346 g/mol. The van der Waals surface area contributed by atoms with Gasteiger partial charge in [0.1, 0.15) is 23.9 Å². The number of anilines is 2. The van der Waals surface area contributed by atoms with Gasteiger partial charge in [0, 0.05) is 32.4 Å². The van der Waals surface area contributed by atoms with E-state index in [-0.39, 0.29) is 0 Å². The molecule has 8 heteroatoms. The van der Waals surface area contributed by atoms with Crippen LogP contribution in [0, 0.1) is 0 Å². The van der Waals surface area contributed by atoms with Gasteiger partial charge in [-0.25, -0.2) is 4.98 Å². The van der Waals surface area contributed by atoms with E-state index in [9.17, 15) is 0 Å². The van der Waals surface area contributed by atoms with Gasteiger partial charge in [0.25, 0.3) is 0 Å². The van der Waals surface area contributed by atoms with Crippen LogP contribution in [0.1, 0.15) is 0 Å². The summed E-state index contributed by atoms with van der Waals surface area (Å²) in [7, 11) is 1.65. The molecule has 0 aliphatic carbocycles. The van der Waals surface area contributed by atoms with Crippen molar-refractivity contribution >= 4 is 11.8 Å². The zero-order valence-corrected chi connectivity index (χ0v) is 15.7. The van der Waals surface area contributed by atoms with E-state index in [1.165, 1.54) is 0 Å². The summed E-state index contributed by atoms with van der Waals surface area (Å²) >= 11 is 0. The van der Waals surface area contributed by atoms with Crippen molar-refractivity contribution in [3.05, 3.63) is 36.5 Å². The van der Waals surface area contributed by atoms with Crippen molar-refractivity contribution in [1.29, 1.82) is 0 Å². The Kier molecular flexibility index (Phi) is 7.49. The second-order valence-corrected chi connectivity index (χ2v) is 6.10. The molecule has 2 N–H and O–H groups in total. The highest BCUT2D eigenvalue weighted by Gasteiger charge is 2.09. The Morgan fingerprint density at radius 2 is 1.81 bits per heavy atom. The molecule has 27 heavy (non-hydrogen) atoms. The lowest BCUT2D eigenvalue weighted by Crippen LogP contribution is -2.39. The Morgan fingerprint density at radius 3 is 2.59 bits per heavy atom. The second kappa shape index (κ2) is 10.5. The smallest absolute Gasteiger partial charge is 0.224 e. The first-order valence-electron chi connectivity index (χ1n) is 9.21. The molecule has 0 amide bonds. The van der Waals surface area contributed by atoms with Gasteiger partial charge >= 0.3 is 0 Å². The fourth-order valence-corrected chi connectivity index (χ4v) is 2.71. The van der Waals surface area contributed by atoms with E-state index in [2.05, 4.69) is 25.5 Å². The SMILES string of the molecule is COc1ccc(OCCNc2ccnc(NCCN3CCOCC3)n2)cc1. The molecule has 8 nitrogen and oxygen atoms in total. The third kappa shape index (κ3) is 6.58. The van der Waals surface area contributed by atoms with Crippen LogP contribution < -0.4 is 20.1 Å². The van der Waals surface area contributed by atoms with Crippen molar-refractivity contribution in [3.63, 3.8) is 0 Å². The first-order valence-corrected chi connectivity index (χ1v) is 9.21. The van der Waals surface area contributed by atoms with Crippen LogP contribution >= 0.6 is 0 Å². The zero-order chi connectivity index (χ0) is 18.7. The highest BCUT2D eigenvalue weighted by atomic mass is 16.5. The molecule has 0 bridgehead atoms. The van der Waals surface area contributed by atoms with Gasteiger partial charge in [0.05, 0.1) is 26.9 Å². The number of methoxy groups -OCH3 is 1. The Balaban J connectivity index is 1.35. The minimum Gasteiger partial charge on any atom is -0.497 e. The molecule has 1 fully saturated rings. The fourth-order valence-electron chi connectivity index (χ4n) is 2.71. The van der Waals surface area contributed by atoms with Gasteiger partial charge < -0.3 is 24.8 Å². The van der Waals surface area contributed by atoms with Gasteiger partial charge in [-0.1, -0.05) is 0 Å². The molecule has 0 atom stereocenters. The average Bonchev–Trinajstić information content (AvgIpc) is 2.73. The number of hydrogen-bond acceptors (Lipinski definition) is 8. The summed E-state index contributed by atoms with van der Waals surface area (Å²) in [4.78, 5) is 11.1. The zero-order valence-electron chi connectivity index (χ0n) is 15.7.